The van der Waals surface area contributed by atoms with E-state index in [2.05, 4.69) is 5.10 Å². The van der Waals surface area contributed by atoms with Crippen molar-refractivity contribution in [3.8, 4) is 0 Å². The molecule has 0 N–H and O–H groups in total. The highest BCUT2D eigenvalue weighted by atomic mass is 16.6. The van der Waals surface area contributed by atoms with E-state index < -0.39 is 5.60 Å². The predicted octanol–water partition coefficient (Wildman–Crippen LogP) is 1.97. The highest BCUT2D eigenvalue weighted by molar-refractivity contribution is 5.77. The van der Waals surface area contributed by atoms with Crippen LogP contribution in [-0.4, -0.2) is 32.7 Å². The van der Waals surface area contributed by atoms with E-state index in [9.17, 15) is 9.59 Å². The van der Waals surface area contributed by atoms with E-state index in [1.807, 2.05) is 27.7 Å². The third kappa shape index (κ3) is 2.62. The van der Waals surface area contributed by atoms with Gasteiger partial charge in [-0.15, -0.1) is 0 Å². The van der Waals surface area contributed by atoms with Crippen LogP contribution >= 0.6 is 0 Å². The zero-order valence-electron chi connectivity index (χ0n) is 11.8. The van der Waals surface area contributed by atoms with Crippen molar-refractivity contribution in [3.63, 3.8) is 0 Å². The summed E-state index contributed by atoms with van der Waals surface area (Å²) in [5.41, 5.74) is 1.66. The molecule has 2 heterocycles. The quantitative estimate of drug-likeness (QED) is 0.767. The smallest absolute Gasteiger partial charge is 0.410 e. The molecule has 0 spiro atoms. The van der Waals surface area contributed by atoms with Gasteiger partial charge in [0.25, 0.3) is 0 Å². The van der Waals surface area contributed by atoms with Crippen LogP contribution in [0.15, 0.2) is 0 Å². The average Bonchev–Trinajstić information content (AvgIpc) is 2.82. The minimum absolute atomic E-state index is 0.370. The summed E-state index contributed by atoms with van der Waals surface area (Å²) < 4.78 is 6.99. The van der Waals surface area contributed by atoms with Gasteiger partial charge in [-0.2, -0.15) is 5.10 Å². The van der Waals surface area contributed by atoms with E-state index in [4.69, 9.17) is 4.74 Å². The summed E-state index contributed by atoms with van der Waals surface area (Å²) >= 11 is 0. The van der Waals surface area contributed by atoms with Crippen molar-refractivity contribution in [3.05, 3.63) is 17.0 Å². The van der Waals surface area contributed by atoms with Gasteiger partial charge in [0.2, 0.25) is 0 Å². The lowest BCUT2D eigenvalue weighted by atomic mass is 10.2. The van der Waals surface area contributed by atoms with Gasteiger partial charge in [0.1, 0.15) is 11.3 Å². The number of ether oxygens (including phenoxy) is 1. The van der Waals surface area contributed by atoms with Crippen LogP contribution in [0.5, 0.6) is 0 Å². The molecule has 0 unspecified atom stereocenters. The zero-order valence-corrected chi connectivity index (χ0v) is 11.8. The second-order valence-corrected chi connectivity index (χ2v) is 5.58. The van der Waals surface area contributed by atoms with Gasteiger partial charge in [-0.05, 0) is 27.7 Å². The zero-order chi connectivity index (χ0) is 14.2. The molecule has 0 bridgehead atoms. The monoisotopic (exact) mass is 265 g/mol. The second kappa shape index (κ2) is 4.68. The molecule has 1 aromatic heterocycles. The van der Waals surface area contributed by atoms with Gasteiger partial charge in [-0.25, -0.2) is 4.79 Å². The first-order valence-electron chi connectivity index (χ1n) is 6.37. The fourth-order valence-electron chi connectivity index (χ4n) is 2.12. The Labute approximate surface area is 112 Å². The third-order valence-electron chi connectivity index (χ3n) is 2.93. The van der Waals surface area contributed by atoms with Crippen LogP contribution in [0, 0.1) is 0 Å². The number of rotatable bonds is 2. The summed E-state index contributed by atoms with van der Waals surface area (Å²) in [6, 6.07) is 0. The number of aldehydes is 1. The molecule has 1 aromatic rings. The lowest BCUT2D eigenvalue weighted by molar-refractivity contribution is 0.0238. The predicted molar refractivity (Wildman–Crippen MR) is 68.8 cm³/mol. The Morgan fingerprint density at radius 3 is 2.63 bits per heavy atom. The summed E-state index contributed by atoms with van der Waals surface area (Å²) in [5.74, 6) is 0. The van der Waals surface area contributed by atoms with Crippen molar-refractivity contribution in [1.82, 2.24) is 14.7 Å². The molecule has 0 saturated carbocycles. The van der Waals surface area contributed by atoms with Crippen molar-refractivity contribution in [2.24, 2.45) is 0 Å². The van der Waals surface area contributed by atoms with Crippen molar-refractivity contribution in [1.29, 1.82) is 0 Å². The van der Waals surface area contributed by atoms with E-state index in [0.717, 1.165) is 17.5 Å². The Bertz CT molecular complexity index is 514. The number of carbonyl (C=O) groups is 2. The molecular formula is C13H19N3O3. The van der Waals surface area contributed by atoms with Gasteiger partial charge < -0.3 is 4.74 Å². The van der Waals surface area contributed by atoms with Gasteiger partial charge in [-0.3, -0.25) is 14.4 Å². The second-order valence-electron chi connectivity index (χ2n) is 5.58. The van der Waals surface area contributed by atoms with E-state index in [1.54, 1.807) is 9.58 Å². The standard InChI is InChI=1S/C13H19N3O3/c1-5-16-11(8-17)9-6-15(7-10(9)14-16)12(18)19-13(2,3)4/h8H,5-7H2,1-4H3. The number of aryl methyl sites for hydroxylation is 1. The van der Waals surface area contributed by atoms with Crippen LogP contribution in [-0.2, 0) is 24.4 Å². The number of hydrogen-bond donors (Lipinski definition) is 0. The van der Waals surface area contributed by atoms with Crippen LogP contribution < -0.4 is 0 Å². The summed E-state index contributed by atoms with van der Waals surface area (Å²) in [5, 5.41) is 4.35. The number of hydrogen-bond acceptors (Lipinski definition) is 4. The fourth-order valence-corrected chi connectivity index (χ4v) is 2.12. The molecule has 2 rings (SSSR count). The highest BCUT2D eigenvalue weighted by Gasteiger charge is 2.32. The Hall–Kier alpha value is -1.85. The van der Waals surface area contributed by atoms with Gasteiger partial charge in [0.05, 0.1) is 18.8 Å². The van der Waals surface area contributed by atoms with Crippen LogP contribution in [0.4, 0.5) is 4.79 Å². The molecule has 0 aromatic carbocycles. The topological polar surface area (TPSA) is 64.4 Å². The summed E-state index contributed by atoms with van der Waals surface area (Å²) in [4.78, 5) is 24.6. The molecule has 6 nitrogen and oxygen atoms in total. The first-order chi connectivity index (χ1) is 8.85. The highest BCUT2D eigenvalue weighted by Crippen LogP contribution is 2.26. The lowest BCUT2D eigenvalue weighted by Crippen LogP contribution is -2.33. The van der Waals surface area contributed by atoms with Gasteiger partial charge in [0.15, 0.2) is 6.29 Å². The first kappa shape index (κ1) is 13.6. The van der Waals surface area contributed by atoms with Crippen molar-refractivity contribution in [2.75, 3.05) is 0 Å². The van der Waals surface area contributed by atoms with Crippen LogP contribution in [0.2, 0.25) is 0 Å². The number of fused-ring (bicyclic) bond motifs is 1. The summed E-state index contributed by atoms with van der Waals surface area (Å²) in [7, 11) is 0. The van der Waals surface area contributed by atoms with Crippen molar-refractivity contribution in [2.45, 2.75) is 52.9 Å². The third-order valence-corrected chi connectivity index (χ3v) is 2.93. The molecule has 0 aliphatic carbocycles. The molecule has 0 fully saturated rings. The first-order valence-corrected chi connectivity index (χ1v) is 6.37. The maximum absolute atomic E-state index is 12.0. The molecule has 6 heteroatoms. The van der Waals surface area contributed by atoms with E-state index in [0.29, 0.717) is 25.3 Å². The van der Waals surface area contributed by atoms with Crippen LogP contribution in [0.3, 0.4) is 0 Å². The lowest BCUT2D eigenvalue weighted by Gasteiger charge is -2.24. The Balaban J connectivity index is 2.15. The minimum Gasteiger partial charge on any atom is -0.444 e. The summed E-state index contributed by atoms with van der Waals surface area (Å²) in [6.45, 7) is 8.85. The minimum atomic E-state index is -0.520. The maximum atomic E-state index is 12.0. The molecular weight excluding hydrogens is 246 g/mol. The number of aromatic nitrogens is 2. The molecule has 1 aliphatic heterocycles. The van der Waals surface area contributed by atoms with Gasteiger partial charge in [0, 0.05) is 12.1 Å². The SMILES string of the molecule is CCn1nc2c(c1C=O)CN(C(=O)OC(C)(C)C)C2. The van der Waals surface area contributed by atoms with Gasteiger partial charge in [-0.1, -0.05) is 0 Å². The molecule has 0 atom stereocenters. The Morgan fingerprint density at radius 1 is 1.42 bits per heavy atom. The largest absolute Gasteiger partial charge is 0.444 e. The molecule has 104 valence electrons. The van der Waals surface area contributed by atoms with Crippen molar-refractivity contribution < 1.29 is 14.3 Å². The summed E-state index contributed by atoms with van der Waals surface area (Å²) in [6.07, 6.45) is 0.430. The van der Waals surface area contributed by atoms with Crippen LogP contribution in [0.25, 0.3) is 0 Å². The number of nitrogens with zero attached hydrogens (tertiary/aromatic N) is 3. The van der Waals surface area contributed by atoms with Crippen LogP contribution in [0.1, 0.15) is 49.4 Å². The Kier molecular flexibility index (Phi) is 3.34. The van der Waals surface area contributed by atoms with E-state index in [-0.39, 0.29) is 6.09 Å². The molecule has 0 radical (unpaired) electrons. The Morgan fingerprint density at radius 2 is 2.11 bits per heavy atom. The number of amides is 1. The van der Waals surface area contributed by atoms with E-state index in [1.165, 1.54) is 0 Å². The number of carbonyl (C=O) groups excluding carboxylic acids is 2. The molecule has 0 saturated heterocycles. The van der Waals surface area contributed by atoms with Gasteiger partial charge >= 0.3 is 6.09 Å². The molecule has 1 amide bonds. The van der Waals surface area contributed by atoms with E-state index >= 15 is 0 Å². The molecule has 1 aliphatic rings. The fraction of sp³-hybridized carbons (Fsp3) is 0.615. The average molecular weight is 265 g/mol. The molecule has 19 heavy (non-hydrogen) atoms. The maximum Gasteiger partial charge on any atom is 0.410 e. The van der Waals surface area contributed by atoms with Crippen molar-refractivity contribution >= 4 is 12.4 Å². The normalized spacial score (nSPS) is 14.4.